The molecule has 0 fully saturated rings. The molecular formula is C14H18N4O2. The number of rotatable bonds is 4. The molecule has 0 bridgehead atoms. The van der Waals surface area contributed by atoms with Gasteiger partial charge >= 0.3 is 0 Å². The third kappa shape index (κ3) is 3.01. The van der Waals surface area contributed by atoms with Crippen LogP contribution in [0.3, 0.4) is 0 Å². The van der Waals surface area contributed by atoms with Crippen molar-refractivity contribution in [2.24, 2.45) is 5.92 Å². The maximum atomic E-state index is 12.2. The summed E-state index contributed by atoms with van der Waals surface area (Å²) in [7, 11) is 0. The summed E-state index contributed by atoms with van der Waals surface area (Å²) in [6, 6.07) is 1.67. The molecule has 20 heavy (non-hydrogen) atoms. The van der Waals surface area contributed by atoms with E-state index in [1.165, 1.54) is 23.3 Å². The van der Waals surface area contributed by atoms with Crippen LogP contribution in [0.1, 0.15) is 20.8 Å². The van der Waals surface area contributed by atoms with Gasteiger partial charge in [-0.25, -0.2) is 4.98 Å². The Balaban J connectivity index is 2.20. The van der Waals surface area contributed by atoms with Gasteiger partial charge in [0, 0.05) is 12.2 Å². The van der Waals surface area contributed by atoms with E-state index in [9.17, 15) is 9.59 Å². The summed E-state index contributed by atoms with van der Waals surface area (Å²) in [6.45, 7) is 5.97. The highest BCUT2D eigenvalue weighted by molar-refractivity contribution is 5.78. The molecule has 1 atom stereocenters. The summed E-state index contributed by atoms with van der Waals surface area (Å²) in [4.78, 5) is 32.1. The molecule has 1 amide bonds. The molecule has 0 aliphatic heterocycles. The average molecular weight is 274 g/mol. The number of amides is 1. The van der Waals surface area contributed by atoms with Gasteiger partial charge in [0.15, 0.2) is 0 Å². The third-order valence-electron chi connectivity index (χ3n) is 3.33. The molecule has 1 N–H and O–H groups in total. The first kappa shape index (κ1) is 14.2. The second-order valence-corrected chi connectivity index (χ2v) is 5.17. The van der Waals surface area contributed by atoms with Crippen LogP contribution in [-0.2, 0) is 11.3 Å². The largest absolute Gasteiger partial charge is 0.352 e. The standard InChI is InChI=1S/C14H18N4O2/c1-9(2)10(3)17-13(19)7-18-8-16-12-6-15-5-4-11(12)14(18)20/h4-6,8-10H,7H2,1-3H3,(H,17,19)/t10-/m0/s1. The molecule has 2 aromatic heterocycles. The van der Waals surface area contributed by atoms with E-state index in [0.29, 0.717) is 16.8 Å². The van der Waals surface area contributed by atoms with Gasteiger partial charge in [-0.15, -0.1) is 0 Å². The molecule has 6 nitrogen and oxygen atoms in total. The van der Waals surface area contributed by atoms with Crippen molar-refractivity contribution in [3.8, 4) is 0 Å². The molecule has 0 aromatic carbocycles. The van der Waals surface area contributed by atoms with Crippen molar-refractivity contribution in [3.63, 3.8) is 0 Å². The molecule has 2 aromatic rings. The molecule has 6 heteroatoms. The Morgan fingerprint density at radius 1 is 1.40 bits per heavy atom. The van der Waals surface area contributed by atoms with E-state index >= 15 is 0 Å². The van der Waals surface area contributed by atoms with Gasteiger partial charge in [-0.2, -0.15) is 0 Å². The van der Waals surface area contributed by atoms with Crippen molar-refractivity contribution in [2.75, 3.05) is 0 Å². The number of hydrogen-bond donors (Lipinski definition) is 1. The smallest absolute Gasteiger partial charge is 0.261 e. The van der Waals surface area contributed by atoms with E-state index < -0.39 is 0 Å². The Morgan fingerprint density at radius 2 is 2.15 bits per heavy atom. The van der Waals surface area contributed by atoms with Crippen LogP contribution in [-0.4, -0.2) is 26.5 Å². The van der Waals surface area contributed by atoms with Gasteiger partial charge in [-0.05, 0) is 18.9 Å². The predicted octanol–water partition coefficient (Wildman–Crippen LogP) is 0.952. The van der Waals surface area contributed by atoms with Gasteiger partial charge in [0.25, 0.3) is 5.56 Å². The lowest BCUT2D eigenvalue weighted by Gasteiger charge is -2.17. The number of nitrogens with zero attached hydrogens (tertiary/aromatic N) is 3. The minimum Gasteiger partial charge on any atom is -0.352 e. The van der Waals surface area contributed by atoms with Gasteiger partial charge in [-0.1, -0.05) is 13.8 Å². The zero-order valence-corrected chi connectivity index (χ0v) is 11.8. The lowest BCUT2D eigenvalue weighted by Crippen LogP contribution is -2.39. The molecule has 106 valence electrons. The summed E-state index contributed by atoms with van der Waals surface area (Å²) in [5.41, 5.74) is 0.300. The van der Waals surface area contributed by atoms with Crippen molar-refractivity contribution in [1.82, 2.24) is 19.9 Å². The lowest BCUT2D eigenvalue weighted by molar-refractivity contribution is -0.122. The first-order chi connectivity index (χ1) is 9.49. The summed E-state index contributed by atoms with van der Waals surface area (Å²) >= 11 is 0. The summed E-state index contributed by atoms with van der Waals surface area (Å²) in [5, 5.41) is 3.33. The zero-order chi connectivity index (χ0) is 14.7. The van der Waals surface area contributed by atoms with E-state index in [4.69, 9.17) is 0 Å². The molecule has 0 aliphatic carbocycles. The molecule has 0 radical (unpaired) electrons. The average Bonchev–Trinajstić information content (AvgIpc) is 2.42. The number of carbonyl (C=O) groups is 1. The van der Waals surface area contributed by atoms with E-state index in [1.54, 1.807) is 6.07 Å². The van der Waals surface area contributed by atoms with E-state index in [-0.39, 0.29) is 24.1 Å². The number of pyridine rings is 1. The minimum atomic E-state index is -0.232. The molecule has 2 rings (SSSR count). The van der Waals surface area contributed by atoms with Gasteiger partial charge in [0.2, 0.25) is 5.91 Å². The zero-order valence-electron chi connectivity index (χ0n) is 11.8. The van der Waals surface area contributed by atoms with Crippen LogP contribution in [0.15, 0.2) is 29.6 Å². The lowest BCUT2D eigenvalue weighted by atomic mass is 10.1. The van der Waals surface area contributed by atoms with Crippen LogP contribution in [0.25, 0.3) is 10.9 Å². The minimum absolute atomic E-state index is 0.0266. The van der Waals surface area contributed by atoms with Gasteiger partial charge < -0.3 is 5.32 Å². The second kappa shape index (κ2) is 5.81. The van der Waals surface area contributed by atoms with E-state index in [2.05, 4.69) is 15.3 Å². The molecule has 0 aliphatic rings. The Kier molecular flexibility index (Phi) is 4.12. The van der Waals surface area contributed by atoms with Crippen molar-refractivity contribution in [3.05, 3.63) is 35.1 Å². The predicted molar refractivity (Wildman–Crippen MR) is 76.2 cm³/mol. The Labute approximate surface area is 116 Å². The second-order valence-electron chi connectivity index (χ2n) is 5.17. The quantitative estimate of drug-likeness (QED) is 0.900. The maximum Gasteiger partial charge on any atom is 0.261 e. The summed E-state index contributed by atoms with van der Waals surface area (Å²) < 4.78 is 1.31. The number of nitrogens with one attached hydrogen (secondary N) is 1. The van der Waals surface area contributed by atoms with Crippen molar-refractivity contribution in [2.45, 2.75) is 33.4 Å². The van der Waals surface area contributed by atoms with Gasteiger partial charge in [0.05, 0.1) is 23.4 Å². The normalized spacial score (nSPS) is 12.6. The van der Waals surface area contributed by atoms with Crippen LogP contribution in [0, 0.1) is 5.92 Å². The highest BCUT2D eigenvalue weighted by Gasteiger charge is 2.12. The topological polar surface area (TPSA) is 76.9 Å². The Bertz CT molecular complexity index is 678. The summed E-state index contributed by atoms with van der Waals surface area (Å²) in [6.07, 6.45) is 4.45. The summed E-state index contributed by atoms with van der Waals surface area (Å²) in [5.74, 6) is 0.153. The van der Waals surface area contributed by atoms with Crippen LogP contribution >= 0.6 is 0 Å². The number of aromatic nitrogens is 3. The number of carbonyl (C=O) groups excluding carboxylic acids is 1. The number of fused-ring (bicyclic) bond motifs is 1. The van der Waals surface area contributed by atoms with E-state index in [0.717, 1.165) is 0 Å². The first-order valence-electron chi connectivity index (χ1n) is 6.57. The molecule has 0 saturated heterocycles. The van der Waals surface area contributed by atoms with Crippen molar-refractivity contribution < 1.29 is 4.79 Å². The highest BCUT2D eigenvalue weighted by Crippen LogP contribution is 2.03. The fourth-order valence-corrected chi connectivity index (χ4v) is 1.74. The van der Waals surface area contributed by atoms with Crippen LogP contribution in [0.4, 0.5) is 0 Å². The van der Waals surface area contributed by atoms with Crippen molar-refractivity contribution >= 4 is 16.8 Å². The van der Waals surface area contributed by atoms with Crippen LogP contribution < -0.4 is 10.9 Å². The number of hydrogen-bond acceptors (Lipinski definition) is 4. The molecule has 0 spiro atoms. The van der Waals surface area contributed by atoms with Crippen LogP contribution in [0.2, 0.25) is 0 Å². The maximum absolute atomic E-state index is 12.2. The molecule has 0 unspecified atom stereocenters. The van der Waals surface area contributed by atoms with E-state index in [1.807, 2.05) is 20.8 Å². The molecular weight excluding hydrogens is 256 g/mol. The van der Waals surface area contributed by atoms with Gasteiger partial charge in [0.1, 0.15) is 6.54 Å². The van der Waals surface area contributed by atoms with Crippen LogP contribution in [0.5, 0.6) is 0 Å². The fourth-order valence-electron chi connectivity index (χ4n) is 1.74. The first-order valence-corrected chi connectivity index (χ1v) is 6.57. The highest BCUT2D eigenvalue weighted by atomic mass is 16.2. The Morgan fingerprint density at radius 3 is 2.85 bits per heavy atom. The van der Waals surface area contributed by atoms with Crippen molar-refractivity contribution in [1.29, 1.82) is 0 Å². The third-order valence-corrected chi connectivity index (χ3v) is 3.33. The fraction of sp³-hybridized carbons (Fsp3) is 0.429. The molecule has 0 saturated carbocycles. The van der Waals surface area contributed by atoms with Gasteiger partial charge in [-0.3, -0.25) is 19.1 Å². The SMILES string of the molecule is CC(C)[C@H](C)NC(=O)Cn1cnc2cnccc2c1=O. The molecule has 2 heterocycles. The monoisotopic (exact) mass is 274 g/mol. The Hall–Kier alpha value is -2.24.